The highest BCUT2D eigenvalue weighted by Crippen LogP contribution is 2.25. The van der Waals surface area contributed by atoms with Gasteiger partial charge in [-0.15, -0.1) is 0 Å². The van der Waals surface area contributed by atoms with Crippen molar-refractivity contribution < 1.29 is 22.3 Å². The van der Waals surface area contributed by atoms with Crippen molar-refractivity contribution in [3.05, 3.63) is 30.1 Å². The van der Waals surface area contributed by atoms with Gasteiger partial charge in [-0.2, -0.15) is 0 Å². The summed E-state index contributed by atoms with van der Waals surface area (Å²) in [6, 6.07) is 5.64. The van der Waals surface area contributed by atoms with Gasteiger partial charge in [-0.25, -0.2) is 12.8 Å². The number of nitrogens with zero attached hydrogens (tertiary/aromatic N) is 1. The summed E-state index contributed by atoms with van der Waals surface area (Å²) in [6.07, 6.45) is 1.20. The molecule has 1 atom stereocenters. The maximum atomic E-state index is 13.4. The lowest BCUT2D eigenvalue weighted by atomic mass is 9.95. The molecule has 1 aromatic carbocycles. The van der Waals surface area contributed by atoms with E-state index in [0.29, 0.717) is 18.9 Å². The number of hydrogen-bond donors (Lipinski definition) is 0. The largest absolute Gasteiger partial charge is 0.381 e. The van der Waals surface area contributed by atoms with E-state index < -0.39 is 15.8 Å². The lowest BCUT2D eigenvalue weighted by Gasteiger charge is -2.31. The third kappa shape index (κ3) is 4.65. The van der Waals surface area contributed by atoms with E-state index in [4.69, 9.17) is 9.47 Å². The zero-order valence-corrected chi connectivity index (χ0v) is 14.4. The molecule has 130 valence electrons. The van der Waals surface area contributed by atoms with E-state index in [1.54, 1.807) is 13.0 Å². The molecule has 0 radical (unpaired) electrons. The Kier molecular flexibility index (Phi) is 6.38. The van der Waals surface area contributed by atoms with Gasteiger partial charge in [0, 0.05) is 26.9 Å². The molecule has 5 nitrogen and oxygen atoms in total. The standard InChI is InChI=1S/C16H24FNO4S/c1-3-18(15-6-4-5-14(17)11-15)23(19,20)12-16(21-2)13-7-9-22-10-8-13/h4-6,11,13,16H,3,7-10,12H2,1-2H3/t16-/m0/s1. The van der Waals surface area contributed by atoms with E-state index in [1.807, 2.05) is 0 Å². The molecule has 0 aliphatic carbocycles. The molecule has 1 aliphatic rings. The molecule has 1 saturated heterocycles. The topological polar surface area (TPSA) is 55.8 Å². The Balaban J connectivity index is 2.17. The molecular weight excluding hydrogens is 321 g/mol. The number of rotatable bonds is 7. The van der Waals surface area contributed by atoms with Crippen molar-refractivity contribution in [3.8, 4) is 0 Å². The van der Waals surface area contributed by atoms with Gasteiger partial charge in [-0.05, 0) is 43.9 Å². The van der Waals surface area contributed by atoms with Crippen molar-refractivity contribution in [3.63, 3.8) is 0 Å². The van der Waals surface area contributed by atoms with Crippen LogP contribution in [0.2, 0.25) is 0 Å². The van der Waals surface area contributed by atoms with Gasteiger partial charge in [0.15, 0.2) is 0 Å². The summed E-state index contributed by atoms with van der Waals surface area (Å²) in [4.78, 5) is 0. The zero-order chi connectivity index (χ0) is 16.9. The van der Waals surface area contributed by atoms with Crippen molar-refractivity contribution >= 4 is 15.7 Å². The second-order valence-electron chi connectivity index (χ2n) is 5.65. The summed E-state index contributed by atoms with van der Waals surface area (Å²) in [5, 5.41) is 0. The minimum Gasteiger partial charge on any atom is -0.381 e. The first-order chi connectivity index (χ1) is 11.0. The van der Waals surface area contributed by atoms with Crippen LogP contribution in [0.4, 0.5) is 10.1 Å². The van der Waals surface area contributed by atoms with Crippen molar-refractivity contribution in [2.24, 2.45) is 5.92 Å². The lowest BCUT2D eigenvalue weighted by molar-refractivity contribution is -0.00324. The van der Waals surface area contributed by atoms with Gasteiger partial charge in [-0.1, -0.05) is 6.07 Å². The molecule has 0 amide bonds. The molecule has 1 fully saturated rings. The van der Waals surface area contributed by atoms with Crippen molar-refractivity contribution in [2.75, 3.05) is 36.9 Å². The Morgan fingerprint density at radius 1 is 1.39 bits per heavy atom. The van der Waals surface area contributed by atoms with Crippen LogP contribution < -0.4 is 4.31 Å². The lowest BCUT2D eigenvalue weighted by Crippen LogP contribution is -2.41. The van der Waals surface area contributed by atoms with E-state index in [-0.39, 0.29) is 24.3 Å². The molecule has 0 N–H and O–H groups in total. The quantitative estimate of drug-likeness (QED) is 0.762. The van der Waals surface area contributed by atoms with E-state index in [2.05, 4.69) is 0 Å². The highest BCUT2D eigenvalue weighted by atomic mass is 32.2. The maximum Gasteiger partial charge on any atom is 0.237 e. The fourth-order valence-electron chi connectivity index (χ4n) is 2.95. The maximum absolute atomic E-state index is 13.4. The van der Waals surface area contributed by atoms with E-state index >= 15 is 0 Å². The first-order valence-electron chi connectivity index (χ1n) is 7.84. The number of hydrogen-bond acceptors (Lipinski definition) is 4. The van der Waals surface area contributed by atoms with Crippen LogP contribution >= 0.6 is 0 Å². The Morgan fingerprint density at radius 3 is 2.65 bits per heavy atom. The number of anilines is 1. The molecule has 1 heterocycles. The monoisotopic (exact) mass is 345 g/mol. The van der Waals surface area contributed by atoms with Crippen LogP contribution in [0.25, 0.3) is 0 Å². The average Bonchev–Trinajstić information content (AvgIpc) is 2.54. The number of ether oxygens (including phenoxy) is 2. The Labute approximate surface area is 137 Å². The van der Waals surface area contributed by atoms with Gasteiger partial charge in [0.1, 0.15) is 5.82 Å². The van der Waals surface area contributed by atoms with E-state index in [9.17, 15) is 12.8 Å². The average molecular weight is 345 g/mol. The second kappa shape index (κ2) is 8.08. The van der Waals surface area contributed by atoms with Gasteiger partial charge < -0.3 is 9.47 Å². The molecule has 7 heteroatoms. The van der Waals surface area contributed by atoms with Crippen molar-refractivity contribution in [1.82, 2.24) is 0 Å². The summed E-state index contributed by atoms with van der Waals surface area (Å²) >= 11 is 0. The van der Waals surface area contributed by atoms with Gasteiger partial charge >= 0.3 is 0 Å². The minimum absolute atomic E-state index is 0.113. The summed E-state index contributed by atoms with van der Waals surface area (Å²) < 4.78 is 51.0. The normalized spacial score (nSPS) is 17.9. The Bertz CT molecular complexity index is 602. The molecule has 23 heavy (non-hydrogen) atoms. The van der Waals surface area contributed by atoms with Crippen LogP contribution in [0.3, 0.4) is 0 Å². The van der Waals surface area contributed by atoms with Gasteiger partial charge in [0.05, 0.1) is 17.5 Å². The van der Waals surface area contributed by atoms with Crippen LogP contribution in [0, 0.1) is 11.7 Å². The number of sulfonamides is 1. The predicted octanol–water partition coefficient (Wildman–Crippen LogP) is 2.42. The van der Waals surface area contributed by atoms with Crippen molar-refractivity contribution in [2.45, 2.75) is 25.9 Å². The van der Waals surface area contributed by atoms with Gasteiger partial charge in [-0.3, -0.25) is 4.31 Å². The van der Waals surface area contributed by atoms with Crippen LogP contribution in [0.1, 0.15) is 19.8 Å². The SMILES string of the molecule is CCN(c1cccc(F)c1)S(=O)(=O)C[C@H](OC)C1CCOCC1. The minimum atomic E-state index is -3.60. The van der Waals surface area contributed by atoms with Crippen LogP contribution in [-0.2, 0) is 19.5 Å². The smallest absolute Gasteiger partial charge is 0.237 e. The van der Waals surface area contributed by atoms with Gasteiger partial charge in [0.25, 0.3) is 0 Å². The molecule has 0 unspecified atom stereocenters. The third-order valence-electron chi connectivity index (χ3n) is 4.19. The first-order valence-corrected chi connectivity index (χ1v) is 9.45. The van der Waals surface area contributed by atoms with Crippen LogP contribution in [0.15, 0.2) is 24.3 Å². The highest BCUT2D eigenvalue weighted by Gasteiger charge is 2.31. The van der Waals surface area contributed by atoms with Crippen LogP contribution in [-0.4, -0.2) is 47.1 Å². The third-order valence-corrected chi connectivity index (χ3v) is 6.08. The first kappa shape index (κ1) is 18.2. The fraction of sp³-hybridized carbons (Fsp3) is 0.625. The van der Waals surface area contributed by atoms with Gasteiger partial charge in [0.2, 0.25) is 10.0 Å². The summed E-state index contributed by atoms with van der Waals surface area (Å²) in [7, 11) is -2.07. The molecule has 1 aromatic rings. The fourth-order valence-corrected chi connectivity index (χ4v) is 4.78. The Morgan fingerprint density at radius 2 is 2.09 bits per heavy atom. The Hall–Kier alpha value is -1.18. The molecule has 0 saturated carbocycles. The summed E-state index contributed by atoms with van der Waals surface area (Å²) in [5.74, 6) is -0.406. The molecule has 2 rings (SSSR count). The zero-order valence-electron chi connectivity index (χ0n) is 13.6. The molecule has 0 bridgehead atoms. The second-order valence-corrected chi connectivity index (χ2v) is 7.59. The summed E-state index contributed by atoms with van der Waals surface area (Å²) in [5.41, 5.74) is 0.342. The van der Waals surface area contributed by atoms with Crippen molar-refractivity contribution in [1.29, 1.82) is 0 Å². The molecule has 0 aromatic heterocycles. The number of methoxy groups -OCH3 is 1. The molecule has 1 aliphatic heterocycles. The van der Waals surface area contributed by atoms with E-state index in [1.165, 1.54) is 29.6 Å². The summed E-state index contributed by atoms with van der Waals surface area (Å²) in [6.45, 7) is 3.24. The molecular formula is C16H24FNO4S. The molecule has 0 spiro atoms. The predicted molar refractivity (Wildman–Crippen MR) is 87.5 cm³/mol. The number of benzene rings is 1. The van der Waals surface area contributed by atoms with E-state index in [0.717, 1.165) is 12.8 Å². The number of halogens is 1. The van der Waals surface area contributed by atoms with Crippen LogP contribution in [0.5, 0.6) is 0 Å². The highest BCUT2D eigenvalue weighted by molar-refractivity contribution is 7.92.